The molecule has 2 rings (SSSR count). The Morgan fingerprint density at radius 2 is 1.73 bits per heavy atom. The number of hydrogen-bond donors (Lipinski definition) is 1. The number of carbonyl (C=O) groups is 1. The van der Waals surface area contributed by atoms with Crippen molar-refractivity contribution in [3.05, 3.63) is 53.6 Å². The van der Waals surface area contributed by atoms with Crippen molar-refractivity contribution in [2.24, 2.45) is 5.10 Å². The van der Waals surface area contributed by atoms with E-state index in [0.717, 1.165) is 12.0 Å². The summed E-state index contributed by atoms with van der Waals surface area (Å²) in [4.78, 5) is 11.9. The Hall–Kier alpha value is -3.02. The van der Waals surface area contributed by atoms with Crippen molar-refractivity contribution in [1.29, 1.82) is 0 Å². The van der Waals surface area contributed by atoms with Gasteiger partial charge in [0.1, 0.15) is 5.75 Å². The topological polar surface area (TPSA) is 69.2 Å². The number of amides is 1. The van der Waals surface area contributed by atoms with Crippen molar-refractivity contribution in [3.8, 4) is 17.2 Å². The lowest BCUT2D eigenvalue weighted by atomic mass is 10.1. The lowest BCUT2D eigenvalue weighted by molar-refractivity contribution is -0.123. The predicted octanol–water partition coefficient (Wildman–Crippen LogP) is 3.19. The molecule has 0 spiro atoms. The summed E-state index contributed by atoms with van der Waals surface area (Å²) in [6.45, 7) is 3.78. The Kier molecular flexibility index (Phi) is 7.02. The van der Waals surface area contributed by atoms with Crippen molar-refractivity contribution < 1.29 is 19.0 Å². The molecule has 1 N–H and O–H groups in total. The minimum absolute atomic E-state index is 0.103. The SMILES string of the molecule is CCc1ccc(OCC(=O)N/N=C(/C)c2ccc(OC)c(OC)c2)cc1. The fraction of sp³-hybridized carbons (Fsp3) is 0.300. The largest absolute Gasteiger partial charge is 0.493 e. The molecule has 0 aliphatic rings. The monoisotopic (exact) mass is 356 g/mol. The van der Waals surface area contributed by atoms with Gasteiger partial charge in [0.05, 0.1) is 19.9 Å². The standard InChI is InChI=1S/C20H24N2O4/c1-5-15-6-9-17(10-7-15)26-13-20(23)22-21-14(2)16-8-11-18(24-3)19(12-16)25-4/h6-12H,5,13H2,1-4H3,(H,22,23)/b21-14-. The van der Waals surface area contributed by atoms with Crippen LogP contribution in [-0.4, -0.2) is 32.4 Å². The molecule has 138 valence electrons. The summed E-state index contributed by atoms with van der Waals surface area (Å²) in [6, 6.07) is 13.1. The molecule has 0 saturated heterocycles. The number of ether oxygens (including phenoxy) is 3. The summed E-state index contributed by atoms with van der Waals surface area (Å²) in [5.41, 5.74) is 5.17. The van der Waals surface area contributed by atoms with Crippen LogP contribution in [0, 0.1) is 0 Å². The van der Waals surface area contributed by atoms with Gasteiger partial charge in [0.15, 0.2) is 18.1 Å². The number of hydrazone groups is 1. The van der Waals surface area contributed by atoms with Gasteiger partial charge in [-0.2, -0.15) is 5.10 Å². The normalized spacial score (nSPS) is 11.0. The fourth-order valence-electron chi connectivity index (χ4n) is 2.27. The van der Waals surface area contributed by atoms with Crippen LogP contribution in [0.3, 0.4) is 0 Å². The van der Waals surface area contributed by atoms with Gasteiger partial charge in [-0.05, 0) is 49.2 Å². The number of benzene rings is 2. The van der Waals surface area contributed by atoms with Crippen LogP contribution < -0.4 is 19.6 Å². The molecule has 0 aromatic heterocycles. The van der Waals surface area contributed by atoms with E-state index in [1.54, 1.807) is 33.3 Å². The third-order valence-corrected chi connectivity index (χ3v) is 3.85. The maximum Gasteiger partial charge on any atom is 0.277 e. The minimum Gasteiger partial charge on any atom is -0.493 e. The van der Waals surface area contributed by atoms with E-state index in [0.29, 0.717) is 23.0 Å². The minimum atomic E-state index is -0.329. The number of nitrogens with zero attached hydrogens (tertiary/aromatic N) is 1. The van der Waals surface area contributed by atoms with E-state index in [2.05, 4.69) is 17.5 Å². The molecule has 2 aromatic carbocycles. The van der Waals surface area contributed by atoms with E-state index in [1.807, 2.05) is 30.3 Å². The van der Waals surface area contributed by atoms with Crippen LogP contribution in [0.5, 0.6) is 17.2 Å². The lowest BCUT2D eigenvalue weighted by Gasteiger charge is -2.10. The first-order chi connectivity index (χ1) is 12.6. The Balaban J connectivity index is 1.92. The molecule has 0 heterocycles. The second-order valence-corrected chi connectivity index (χ2v) is 5.59. The molecule has 0 aliphatic heterocycles. The van der Waals surface area contributed by atoms with Gasteiger partial charge in [0.25, 0.3) is 5.91 Å². The first kappa shape index (κ1) is 19.3. The van der Waals surface area contributed by atoms with Crippen molar-refractivity contribution in [3.63, 3.8) is 0 Å². The van der Waals surface area contributed by atoms with Gasteiger partial charge < -0.3 is 14.2 Å². The van der Waals surface area contributed by atoms with Gasteiger partial charge in [-0.25, -0.2) is 5.43 Å². The third kappa shape index (κ3) is 5.24. The van der Waals surface area contributed by atoms with Crippen LogP contribution in [-0.2, 0) is 11.2 Å². The summed E-state index contributed by atoms with van der Waals surface area (Å²) in [6.07, 6.45) is 0.963. The van der Waals surface area contributed by atoms with Crippen LogP contribution in [0.25, 0.3) is 0 Å². The van der Waals surface area contributed by atoms with E-state index in [1.165, 1.54) is 5.56 Å². The summed E-state index contributed by atoms with van der Waals surface area (Å²) >= 11 is 0. The summed E-state index contributed by atoms with van der Waals surface area (Å²) in [5, 5.41) is 4.11. The number of nitrogens with one attached hydrogen (secondary N) is 1. The molecule has 1 amide bonds. The van der Waals surface area contributed by atoms with Gasteiger partial charge in [-0.1, -0.05) is 19.1 Å². The third-order valence-electron chi connectivity index (χ3n) is 3.85. The van der Waals surface area contributed by atoms with Gasteiger partial charge in [-0.3, -0.25) is 4.79 Å². The first-order valence-electron chi connectivity index (χ1n) is 8.34. The Bertz CT molecular complexity index is 770. The fourth-order valence-corrected chi connectivity index (χ4v) is 2.27. The smallest absolute Gasteiger partial charge is 0.277 e. The maximum atomic E-state index is 11.9. The Morgan fingerprint density at radius 3 is 2.35 bits per heavy atom. The highest BCUT2D eigenvalue weighted by atomic mass is 16.5. The molecular weight excluding hydrogens is 332 g/mol. The molecule has 0 aliphatic carbocycles. The molecular formula is C20H24N2O4. The van der Waals surface area contributed by atoms with Crippen molar-refractivity contribution in [2.45, 2.75) is 20.3 Å². The van der Waals surface area contributed by atoms with Crippen LogP contribution in [0.15, 0.2) is 47.6 Å². The molecule has 0 radical (unpaired) electrons. The maximum absolute atomic E-state index is 11.9. The van der Waals surface area contributed by atoms with E-state index < -0.39 is 0 Å². The Labute approximate surface area is 153 Å². The second kappa shape index (κ2) is 9.46. The molecule has 0 bridgehead atoms. The van der Waals surface area contributed by atoms with E-state index >= 15 is 0 Å². The zero-order valence-electron chi connectivity index (χ0n) is 15.5. The number of aryl methyl sites for hydroxylation is 1. The highest BCUT2D eigenvalue weighted by Crippen LogP contribution is 2.27. The molecule has 0 atom stereocenters. The van der Waals surface area contributed by atoms with E-state index in [4.69, 9.17) is 14.2 Å². The lowest BCUT2D eigenvalue weighted by Crippen LogP contribution is -2.25. The van der Waals surface area contributed by atoms with Gasteiger partial charge in [-0.15, -0.1) is 0 Å². The van der Waals surface area contributed by atoms with E-state index in [-0.39, 0.29) is 12.5 Å². The van der Waals surface area contributed by atoms with Gasteiger partial charge in [0.2, 0.25) is 0 Å². The van der Waals surface area contributed by atoms with Crippen LogP contribution in [0.4, 0.5) is 0 Å². The molecule has 2 aromatic rings. The first-order valence-corrected chi connectivity index (χ1v) is 8.34. The second-order valence-electron chi connectivity index (χ2n) is 5.59. The zero-order valence-corrected chi connectivity index (χ0v) is 15.5. The Morgan fingerprint density at radius 1 is 1.04 bits per heavy atom. The van der Waals surface area contributed by atoms with Crippen LogP contribution in [0.2, 0.25) is 0 Å². The molecule has 0 unspecified atom stereocenters. The molecule has 6 heteroatoms. The molecule has 26 heavy (non-hydrogen) atoms. The van der Waals surface area contributed by atoms with Crippen LogP contribution >= 0.6 is 0 Å². The average molecular weight is 356 g/mol. The highest BCUT2D eigenvalue weighted by Gasteiger charge is 2.07. The summed E-state index contributed by atoms with van der Waals surface area (Å²) in [7, 11) is 3.15. The van der Waals surface area contributed by atoms with Crippen molar-refractivity contribution in [1.82, 2.24) is 5.43 Å². The number of rotatable bonds is 8. The summed E-state index contributed by atoms with van der Waals surface area (Å²) in [5.74, 6) is 1.56. The van der Waals surface area contributed by atoms with Crippen molar-refractivity contribution >= 4 is 11.6 Å². The summed E-state index contributed by atoms with van der Waals surface area (Å²) < 4.78 is 15.9. The molecule has 0 saturated carbocycles. The average Bonchev–Trinajstić information content (AvgIpc) is 2.70. The zero-order chi connectivity index (χ0) is 18.9. The number of carbonyl (C=O) groups excluding carboxylic acids is 1. The predicted molar refractivity (Wildman–Crippen MR) is 101 cm³/mol. The number of methoxy groups -OCH3 is 2. The van der Waals surface area contributed by atoms with Crippen LogP contribution in [0.1, 0.15) is 25.0 Å². The highest BCUT2D eigenvalue weighted by molar-refractivity contribution is 5.99. The van der Waals surface area contributed by atoms with E-state index in [9.17, 15) is 4.79 Å². The molecule has 6 nitrogen and oxygen atoms in total. The molecule has 0 fully saturated rings. The quantitative estimate of drug-likeness (QED) is 0.583. The van der Waals surface area contributed by atoms with Crippen molar-refractivity contribution in [2.75, 3.05) is 20.8 Å². The van der Waals surface area contributed by atoms with Gasteiger partial charge in [0, 0.05) is 5.56 Å². The van der Waals surface area contributed by atoms with Gasteiger partial charge >= 0.3 is 0 Å². The number of hydrogen-bond acceptors (Lipinski definition) is 5.